The van der Waals surface area contributed by atoms with Gasteiger partial charge in [-0.2, -0.15) is 0 Å². The summed E-state index contributed by atoms with van der Waals surface area (Å²) in [6, 6.07) is 1.53. The zero-order chi connectivity index (χ0) is 11.4. The lowest BCUT2D eigenvalue weighted by atomic mass is 9.83. The van der Waals surface area contributed by atoms with Crippen LogP contribution in [-0.4, -0.2) is 36.6 Å². The second kappa shape index (κ2) is 6.02. The molecule has 1 aliphatic carbocycles. The van der Waals surface area contributed by atoms with E-state index in [9.17, 15) is 0 Å². The fourth-order valence-corrected chi connectivity index (χ4v) is 3.01. The highest BCUT2D eigenvalue weighted by atomic mass is 15.2. The van der Waals surface area contributed by atoms with Crippen LogP contribution in [0.4, 0.5) is 0 Å². The number of nitrogens with one attached hydrogen (secondary N) is 1. The SMILES string of the molecule is CCC1CN(CCC2CCC2)C(CC)CN1. The van der Waals surface area contributed by atoms with Gasteiger partial charge >= 0.3 is 0 Å². The van der Waals surface area contributed by atoms with Crippen LogP contribution < -0.4 is 5.32 Å². The van der Waals surface area contributed by atoms with E-state index in [-0.39, 0.29) is 0 Å². The third-order valence-corrected chi connectivity index (χ3v) is 4.63. The Bertz CT molecular complexity index is 201. The van der Waals surface area contributed by atoms with Gasteiger partial charge in [0.15, 0.2) is 0 Å². The molecular weight excluding hydrogens is 196 g/mol. The molecule has 16 heavy (non-hydrogen) atoms. The Morgan fingerprint density at radius 3 is 2.56 bits per heavy atom. The minimum atomic E-state index is 0.740. The lowest BCUT2D eigenvalue weighted by Crippen LogP contribution is -2.56. The van der Waals surface area contributed by atoms with Gasteiger partial charge in [0, 0.05) is 25.2 Å². The van der Waals surface area contributed by atoms with Crippen molar-refractivity contribution in [3.8, 4) is 0 Å². The maximum absolute atomic E-state index is 3.67. The van der Waals surface area contributed by atoms with Gasteiger partial charge < -0.3 is 5.32 Å². The summed E-state index contributed by atoms with van der Waals surface area (Å²) in [6.45, 7) is 8.46. The third-order valence-electron chi connectivity index (χ3n) is 4.63. The van der Waals surface area contributed by atoms with E-state index < -0.39 is 0 Å². The maximum atomic E-state index is 3.67. The summed E-state index contributed by atoms with van der Waals surface area (Å²) in [6.07, 6.45) is 8.51. The van der Waals surface area contributed by atoms with Gasteiger partial charge in [0.1, 0.15) is 0 Å². The largest absolute Gasteiger partial charge is 0.311 e. The van der Waals surface area contributed by atoms with Crippen molar-refractivity contribution >= 4 is 0 Å². The van der Waals surface area contributed by atoms with E-state index in [1.165, 1.54) is 58.2 Å². The van der Waals surface area contributed by atoms with Crippen molar-refractivity contribution in [1.29, 1.82) is 0 Å². The molecule has 2 aliphatic rings. The summed E-state index contributed by atoms with van der Waals surface area (Å²) in [5, 5.41) is 3.67. The van der Waals surface area contributed by atoms with Gasteiger partial charge in [0.2, 0.25) is 0 Å². The Hall–Kier alpha value is -0.0800. The average molecular weight is 224 g/mol. The lowest BCUT2D eigenvalue weighted by molar-refractivity contribution is 0.109. The zero-order valence-corrected chi connectivity index (χ0v) is 11.0. The second-order valence-corrected chi connectivity index (χ2v) is 5.66. The van der Waals surface area contributed by atoms with Gasteiger partial charge in [0.25, 0.3) is 0 Å². The molecule has 0 spiro atoms. The molecule has 0 radical (unpaired) electrons. The maximum Gasteiger partial charge on any atom is 0.0218 e. The Morgan fingerprint density at radius 2 is 2.00 bits per heavy atom. The number of hydrogen-bond acceptors (Lipinski definition) is 2. The lowest BCUT2D eigenvalue weighted by Gasteiger charge is -2.41. The molecule has 94 valence electrons. The minimum absolute atomic E-state index is 0.740. The molecule has 0 aromatic carbocycles. The average Bonchev–Trinajstić information content (AvgIpc) is 2.26. The van der Waals surface area contributed by atoms with E-state index in [0.717, 1.165) is 18.0 Å². The van der Waals surface area contributed by atoms with E-state index in [1.54, 1.807) is 0 Å². The molecular formula is C14H28N2. The van der Waals surface area contributed by atoms with E-state index in [2.05, 4.69) is 24.1 Å². The molecule has 1 heterocycles. The highest BCUT2D eigenvalue weighted by molar-refractivity contribution is 4.85. The molecule has 0 amide bonds. The normalized spacial score (nSPS) is 32.6. The fourth-order valence-electron chi connectivity index (χ4n) is 3.01. The summed E-state index contributed by atoms with van der Waals surface area (Å²) < 4.78 is 0. The van der Waals surface area contributed by atoms with Crippen LogP contribution in [0, 0.1) is 5.92 Å². The first-order chi connectivity index (χ1) is 7.83. The van der Waals surface area contributed by atoms with Gasteiger partial charge in [-0.15, -0.1) is 0 Å². The van der Waals surface area contributed by atoms with Crippen LogP contribution in [-0.2, 0) is 0 Å². The zero-order valence-electron chi connectivity index (χ0n) is 11.0. The van der Waals surface area contributed by atoms with Crippen molar-refractivity contribution in [2.24, 2.45) is 5.92 Å². The molecule has 1 N–H and O–H groups in total. The van der Waals surface area contributed by atoms with Crippen LogP contribution in [0.15, 0.2) is 0 Å². The van der Waals surface area contributed by atoms with E-state index in [1.807, 2.05) is 0 Å². The Morgan fingerprint density at radius 1 is 1.19 bits per heavy atom. The Labute approximate surface area is 101 Å². The van der Waals surface area contributed by atoms with Crippen molar-refractivity contribution in [2.45, 2.75) is 64.5 Å². The molecule has 0 aromatic heterocycles. The summed E-state index contributed by atoms with van der Waals surface area (Å²) in [4.78, 5) is 2.75. The van der Waals surface area contributed by atoms with Crippen molar-refractivity contribution in [2.75, 3.05) is 19.6 Å². The summed E-state index contributed by atoms with van der Waals surface area (Å²) in [7, 11) is 0. The molecule has 2 unspecified atom stereocenters. The molecule has 1 saturated heterocycles. The molecule has 0 aromatic rings. The first-order valence-electron chi connectivity index (χ1n) is 7.30. The van der Waals surface area contributed by atoms with Crippen LogP contribution in [0.3, 0.4) is 0 Å². The predicted octanol–water partition coefficient (Wildman–Crippen LogP) is 2.64. The summed E-state index contributed by atoms with van der Waals surface area (Å²) in [5.41, 5.74) is 0. The molecule has 0 bridgehead atoms. The smallest absolute Gasteiger partial charge is 0.0218 e. The minimum Gasteiger partial charge on any atom is -0.311 e. The molecule has 2 fully saturated rings. The van der Waals surface area contributed by atoms with Gasteiger partial charge in [-0.05, 0) is 31.7 Å². The van der Waals surface area contributed by atoms with Gasteiger partial charge in [-0.3, -0.25) is 4.90 Å². The predicted molar refractivity (Wildman–Crippen MR) is 69.7 cm³/mol. The third kappa shape index (κ3) is 2.98. The van der Waals surface area contributed by atoms with Crippen LogP contribution in [0.5, 0.6) is 0 Å². The van der Waals surface area contributed by atoms with Crippen LogP contribution in [0.2, 0.25) is 0 Å². The van der Waals surface area contributed by atoms with Crippen molar-refractivity contribution in [1.82, 2.24) is 10.2 Å². The monoisotopic (exact) mass is 224 g/mol. The summed E-state index contributed by atoms with van der Waals surface area (Å²) in [5.74, 6) is 1.06. The van der Waals surface area contributed by atoms with Gasteiger partial charge in [-0.25, -0.2) is 0 Å². The van der Waals surface area contributed by atoms with Crippen molar-refractivity contribution in [3.63, 3.8) is 0 Å². The number of nitrogens with zero attached hydrogens (tertiary/aromatic N) is 1. The highest BCUT2D eigenvalue weighted by Gasteiger charge is 2.27. The van der Waals surface area contributed by atoms with Gasteiger partial charge in [0.05, 0.1) is 0 Å². The molecule has 2 nitrogen and oxygen atoms in total. The molecule has 1 aliphatic heterocycles. The summed E-state index contributed by atoms with van der Waals surface area (Å²) >= 11 is 0. The molecule has 2 atom stereocenters. The quantitative estimate of drug-likeness (QED) is 0.772. The first kappa shape index (κ1) is 12.4. The van der Waals surface area contributed by atoms with Crippen LogP contribution >= 0.6 is 0 Å². The van der Waals surface area contributed by atoms with E-state index >= 15 is 0 Å². The number of rotatable bonds is 5. The topological polar surface area (TPSA) is 15.3 Å². The molecule has 1 saturated carbocycles. The second-order valence-electron chi connectivity index (χ2n) is 5.66. The first-order valence-corrected chi connectivity index (χ1v) is 7.30. The van der Waals surface area contributed by atoms with E-state index in [4.69, 9.17) is 0 Å². The number of hydrogen-bond donors (Lipinski definition) is 1. The van der Waals surface area contributed by atoms with Gasteiger partial charge in [-0.1, -0.05) is 33.1 Å². The Kier molecular flexibility index (Phi) is 4.66. The van der Waals surface area contributed by atoms with Crippen molar-refractivity contribution < 1.29 is 0 Å². The molecule has 2 rings (SSSR count). The fraction of sp³-hybridized carbons (Fsp3) is 1.00. The standard InChI is InChI=1S/C14H28N2/c1-3-13-11-16(14(4-2)10-15-13)9-8-12-6-5-7-12/h12-15H,3-11H2,1-2H3. The highest BCUT2D eigenvalue weighted by Crippen LogP contribution is 2.30. The molecule has 2 heteroatoms. The van der Waals surface area contributed by atoms with Crippen molar-refractivity contribution in [3.05, 3.63) is 0 Å². The van der Waals surface area contributed by atoms with Crippen LogP contribution in [0.25, 0.3) is 0 Å². The Balaban J connectivity index is 1.77. The number of piperazine rings is 1. The van der Waals surface area contributed by atoms with Crippen LogP contribution in [0.1, 0.15) is 52.4 Å². The van der Waals surface area contributed by atoms with E-state index in [0.29, 0.717) is 0 Å².